The number of esters is 1. The number of ether oxygens (including phenoxy) is 1. The van der Waals surface area contributed by atoms with Gasteiger partial charge >= 0.3 is 5.97 Å². The highest BCUT2D eigenvalue weighted by Gasteiger charge is 2.06. The molecule has 0 saturated heterocycles. The van der Waals surface area contributed by atoms with Crippen LogP contribution in [0.2, 0.25) is 0 Å². The van der Waals surface area contributed by atoms with Crippen LogP contribution in [0.15, 0.2) is 24.3 Å². The van der Waals surface area contributed by atoms with Crippen LogP contribution in [0, 0.1) is 6.92 Å². The molecule has 3 nitrogen and oxygen atoms in total. The minimum Gasteiger partial charge on any atom is -0.465 e. The highest BCUT2D eigenvalue weighted by Crippen LogP contribution is 2.08. The van der Waals surface area contributed by atoms with E-state index in [0.29, 0.717) is 25.9 Å². The Kier molecular flexibility index (Phi) is 5.40. The summed E-state index contributed by atoms with van der Waals surface area (Å²) in [5, 5.41) is 0. The molecule has 3 heteroatoms. The number of rotatable bonds is 6. The summed E-state index contributed by atoms with van der Waals surface area (Å²) < 4.78 is 5.06. The molecule has 0 N–H and O–H groups in total. The van der Waals surface area contributed by atoms with Crippen molar-refractivity contribution in [3.05, 3.63) is 35.4 Å². The third kappa shape index (κ3) is 5.29. The molecular weight excluding hydrogens is 216 g/mol. The van der Waals surface area contributed by atoms with Crippen LogP contribution < -0.4 is 0 Å². The van der Waals surface area contributed by atoms with E-state index in [9.17, 15) is 9.59 Å². The zero-order chi connectivity index (χ0) is 12.7. The summed E-state index contributed by atoms with van der Waals surface area (Å²) in [6.45, 7) is 3.83. The summed E-state index contributed by atoms with van der Waals surface area (Å²) in [5.41, 5.74) is 2.08. The minimum absolute atomic E-state index is 0.125. The van der Waals surface area contributed by atoms with E-state index >= 15 is 0 Å². The topological polar surface area (TPSA) is 43.4 Å². The first kappa shape index (κ1) is 13.4. The summed E-state index contributed by atoms with van der Waals surface area (Å²) in [6.07, 6.45) is 1.37. The van der Waals surface area contributed by atoms with Gasteiger partial charge in [-0.15, -0.1) is 0 Å². The Labute approximate surface area is 102 Å². The maximum atomic E-state index is 11.5. The highest BCUT2D eigenvalue weighted by molar-refractivity contribution is 5.75. The summed E-state index contributed by atoms with van der Waals surface area (Å²) in [6, 6.07) is 7.74. The fourth-order valence-electron chi connectivity index (χ4n) is 1.52. The second kappa shape index (κ2) is 6.84. The quantitative estimate of drug-likeness (QED) is 0.561. The number of carbonyl (C=O) groups is 2. The average molecular weight is 234 g/mol. The van der Waals surface area contributed by atoms with Crippen LogP contribution in [-0.4, -0.2) is 18.4 Å². The molecule has 0 saturated carbocycles. The molecular formula is C14H18O3. The molecule has 0 atom stereocenters. The SMILES string of the molecule is CC(=O)CCCOC(=O)Cc1ccccc1C. The Balaban J connectivity index is 2.30. The van der Waals surface area contributed by atoms with Crippen LogP contribution in [0.5, 0.6) is 0 Å². The fourth-order valence-corrected chi connectivity index (χ4v) is 1.52. The van der Waals surface area contributed by atoms with Gasteiger partial charge in [0.25, 0.3) is 0 Å². The van der Waals surface area contributed by atoms with Crippen molar-refractivity contribution in [3.63, 3.8) is 0 Å². The number of hydrogen-bond donors (Lipinski definition) is 0. The maximum Gasteiger partial charge on any atom is 0.310 e. The van der Waals surface area contributed by atoms with Crippen molar-refractivity contribution in [2.24, 2.45) is 0 Å². The Morgan fingerprint density at radius 2 is 1.94 bits per heavy atom. The Morgan fingerprint density at radius 3 is 2.59 bits per heavy atom. The van der Waals surface area contributed by atoms with Crippen LogP contribution in [0.3, 0.4) is 0 Å². The van der Waals surface area contributed by atoms with Gasteiger partial charge in [0.1, 0.15) is 5.78 Å². The highest BCUT2D eigenvalue weighted by atomic mass is 16.5. The lowest BCUT2D eigenvalue weighted by atomic mass is 10.1. The molecule has 0 unspecified atom stereocenters. The largest absolute Gasteiger partial charge is 0.465 e. The number of ketones is 1. The molecule has 0 fully saturated rings. The third-order valence-corrected chi connectivity index (χ3v) is 2.53. The molecule has 0 aliphatic heterocycles. The summed E-state index contributed by atoms with van der Waals surface area (Å²) in [4.78, 5) is 22.2. The number of hydrogen-bond acceptors (Lipinski definition) is 3. The molecule has 0 amide bonds. The van der Waals surface area contributed by atoms with Gasteiger partial charge in [0.05, 0.1) is 13.0 Å². The smallest absolute Gasteiger partial charge is 0.310 e. The molecule has 0 radical (unpaired) electrons. The van der Waals surface area contributed by atoms with Crippen molar-refractivity contribution in [2.75, 3.05) is 6.61 Å². The van der Waals surface area contributed by atoms with Gasteiger partial charge in [0.15, 0.2) is 0 Å². The minimum atomic E-state index is -0.233. The zero-order valence-corrected chi connectivity index (χ0v) is 10.4. The van der Waals surface area contributed by atoms with Crippen LogP contribution in [0.1, 0.15) is 30.9 Å². The Hall–Kier alpha value is -1.64. The monoisotopic (exact) mass is 234 g/mol. The summed E-state index contributed by atoms with van der Waals surface area (Å²) in [7, 11) is 0. The predicted octanol–water partition coefficient (Wildman–Crippen LogP) is 2.45. The zero-order valence-electron chi connectivity index (χ0n) is 10.4. The van der Waals surface area contributed by atoms with Gasteiger partial charge in [-0.2, -0.15) is 0 Å². The summed E-state index contributed by atoms with van der Waals surface area (Å²) in [5.74, 6) is -0.109. The number of carbonyl (C=O) groups excluding carboxylic acids is 2. The van der Waals surface area contributed by atoms with Gasteiger partial charge < -0.3 is 9.53 Å². The molecule has 17 heavy (non-hydrogen) atoms. The average Bonchev–Trinajstić information content (AvgIpc) is 2.27. The van der Waals surface area contributed by atoms with Crippen LogP contribution in [0.4, 0.5) is 0 Å². The number of aryl methyl sites for hydroxylation is 1. The van der Waals surface area contributed by atoms with Gasteiger partial charge in [0.2, 0.25) is 0 Å². The van der Waals surface area contributed by atoms with E-state index in [-0.39, 0.29) is 11.8 Å². The molecule has 0 aliphatic carbocycles. The molecule has 1 rings (SSSR count). The van der Waals surface area contributed by atoms with E-state index in [1.54, 1.807) is 0 Å². The first-order valence-electron chi connectivity index (χ1n) is 5.79. The first-order chi connectivity index (χ1) is 8.09. The Bertz CT molecular complexity index is 396. The first-order valence-corrected chi connectivity index (χ1v) is 5.79. The van der Waals surface area contributed by atoms with Gasteiger partial charge in [-0.05, 0) is 31.4 Å². The van der Waals surface area contributed by atoms with Crippen molar-refractivity contribution in [2.45, 2.75) is 33.1 Å². The lowest BCUT2D eigenvalue weighted by Crippen LogP contribution is -2.10. The van der Waals surface area contributed by atoms with E-state index in [1.165, 1.54) is 6.92 Å². The molecule has 92 valence electrons. The van der Waals surface area contributed by atoms with Crippen LogP contribution >= 0.6 is 0 Å². The third-order valence-electron chi connectivity index (χ3n) is 2.53. The molecule has 1 aromatic rings. The van der Waals surface area contributed by atoms with Crippen molar-refractivity contribution in [1.82, 2.24) is 0 Å². The normalized spacial score (nSPS) is 10.0. The summed E-state index contributed by atoms with van der Waals surface area (Å²) >= 11 is 0. The van der Waals surface area contributed by atoms with E-state index in [4.69, 9.17) is 4.74 Å². The standard InChI is InChI=1S/C14H18O3/c1-11-6-3-4-8-13(11)10-14(16)17-9-5-7-12(2)15/h3-4,6,8H,5,7,9-10H2,1-2H3. The van der Waals surface area contributed by atoms with Gasteiger partial charge in [-0.3, -0.25) is 4.79 Å². The van der Waals surface area contributed by atoms with E-state index in [0.717, 1.165) is 11.1 Å². The van der Waals surface area contributed by atoms with Gasteiger partial charge in [-0.1, -0.05) is 24.3 Å². The van der Waals surface area contributed by atoms with Crippen LogP contribution in [-0.2, 0) is 20.7 Å². The van der Waals surface area contributed by atoms with Crippen molar-refractivity contribution in [3.8, 4) is 0 Å². The van der Waals surface area contributed by atoms with Crippen molar-refractivity contribution in [1.29, 1.82) is 0 Å². The molecule has 0 aromatic heterocycles. The molecule has 1 aromatic carbocycles. The molecule has 0 heterocycles. The lowest BCUT2D eigenvalue weighted by Gasteiger charge is -2.06. The number of benzene rings is 1. The fraction of sp³-hybridized carbons (Fsp3) is 0.429. The second-order valence-electron chi connectivity index (χ2n) is 4.13. The van der Waals surface area contributed by atoms with Gasteiger partial charge in [-0.25, -0.2) is 0 Å². The van der Waals surface area contributed by atoms with E-state index in [1.807, 2.05) is 31.2 Å². The maximum absolute atomic E-state index is 11.5. The lowest BCUT2D eigenvalue weighted by molar-refractivity contribution is -0.143. The molecule has 0 bridgehead atoms. The van der Waals surface area contributed by atoms with Crippen molar-refractivity contribution < 1.29 is 14.3 Å². The van der Waals surface area contributed by atoms with E-state index < -0.39 is 0 Å². The molecule has 0 spiro atoms. The number of Topliss-reactive ketones (excluding diaryl/α,β-unsaturated/α-hetero) is 1. The second-order valence-corrected chi connectivity index (χ2v) is 4.13. The Morgan fingerprint density at radius 1 is 1.24 bits per heavy atom. The van der Waals surface area contributed by atoms with E-state index in [2.05, 4.69) is 0 Å². The van der Waals surface area contributed by atoms with Crippen LogP contribution in [0.25, 0.3) is 0 Å². The molecule has 0 aliphatic rings. The van der Waals surface area contributed by atoms with Crippen molar-refractivity contribution >= 4 is 11.8 Å². The predicted molar refractivity (Wildman–Crippen MR) is 65.8 cm³/mol. The van der Waals surface area contributed by atoms with Gasteiger partial charge in [0, 0.05) is 6.42 Å².